The van der Waals surface area contributed by atoms with E-state index in [-0.39, 0.29) is 4.32 Å². The summed E-state index contributed by atoms with van der Waals surface area (Å²) in [5.41, 5.74) is 3.32. The number of nitrogens with zero attached hydrogens (tertiary/aromatic N) is 2. The molecule has 1 N–H and O–H groups in total. The molecule has 26 heavy (non-hydrogen) atoms. The second-order valence-electron chi connectivity index (χ2n) is 5.94. The number of thiocarbonyl (C=S) groups is 1. The quantitative estimate of drug-likeness (QED) is 0.625. The van der Waals surface area contributed by atoms with E-state index in [2.05, 4.69) is 13.0 Å². The average molecular weight is 390 g/mol. The number of thioether (sulfide) groups is 1. The van der Waals surface area contributed by atoms with Gasteiger partial charge in [0.15, 0.2) is 5.75 Å². The zero-order valence-electron chi connectivity index (χ0n) is 14.6. The molecule has 0 saturated carbocycles. The molecular formula is C18H18N2O4S2. The van der Waals surface area contributed by atoms with Crippen LogP contribution in [0.4, 0.5) is 5.69 Å². The number of fused-ring (bicyclic) bond motifs is 1. The highest BCUT2D eigenvalue weighted by atomic mass is 32.2. The minimum Gasteiger partial charge on any atom is -0.480 e. The van der Waals surface area contributed by atoms with Gasteiger partial charge < -0.3 is 14.7 Å². The van der Waals surface area contributed by atoms with E-state index in [1.165, 1.54) is 5.56 Å². The largest absolute Gasteiger partial charge is 0.480 e. The number of carbonyl (C=O) groups is 2. The number of benzene rings is 1. The molecule has 8 heteroatoms. The first-order chi connectivity index (χ1) is 12.3. The van der Waals surface area contributed by atoms with Gasteiger partial charge in [0.25, 0.3) is 5.91 Å². The van der Waals surface area contributed by atoms with Crippen molar-refractivity contribution in [3.8, 4) is 5.75 Å². The van der Waals surface area contributed by atoms with Crippen LogP contribution < -0.4 is 9.64 Å². The van der Waals surface area contributed by atoms with E-state index in [0.29, 0.717) is 10.8 Å². The van der Waals surface area contributed by atoms with E-state index >= 15 is 0 Å². The fourth-order valence-electron chi connectivity index (χ4n) is 2.74. The van der Waals surface area contributed by atoms with Crippen LogP contribution in [-0.2, 0) is 9.59 Å². The summed E-state index contributed by atoms with van der Waals surface area (Å²) < 4.78 is 6.19. The van der Waals surface area contributed by atoms with Crippen LogP contribution in [0.15, 0.2) is 35.1 Å². The molecule has 3 rings (SSSR count). The number of aliphatic carboxylic acids is 1. The summed E-state index contributed by atoms with van der Waals surface area (Å²) in [6.45, 7) is 6.40. The third-order valence-corrected chi connectivity index (χ3v) is 5.60. The second-order valence-corrected chi connectivity index (χ2v) is 7.62. The van der Waals surface area contributed by atoms with Gasteiger partial charge in [0.1, 0.15) is 10.9 Å². The molecule has 1 aromatic carbocycles. The van der Waals surface area contributed by atoms with Crippen LogP contribution in [0, 0.1) is 13.8 Å². The molecule has 2 heterocycles. The van der Waals surface area contributed by atoms with Crippen LogP contribution in [0.25, 0.3) is 0 Å². The van der Waals surface area contributed by atoms with Gasteiger partial charge in [0, 0.05) is 12.6 Å². The van der Waals surface area contributed by atoms with Gasteiger partial charge in [-0.15, -0.1) is 0 Å². The van der Waals surface area contributed by atoms with Crippen LogP contribution in [0.5, 0.6) is 5.75 Å². The summed E-state index contributed by atoms with van der Waals surface area (Å²) in [4.78, 5) is 26.7. The van der Waals surface area contributed by atoms with Crippen molar-refractivity contribution in [2.24, 2.45) is 0 Å². The molecule has 2 aliphatic rings. The number of carboxylic acids is 1. The summed E-state index contributed by atoms with van der Waals surface area (Å²) in [7, 11) is 0. The fraction of sp³-hybridized carbons (Fsp3) is 0.278. The number of carbonyl (C=O) groups excluding carboxylic acids is 1. The van der Waals surface area contributed by atoms with Gasteiger partial charge in [0.05, 0.1) is 10.6 Å². The number of aryl methyl sites for hydroxylation is 2. The van der Waals surface area contributed by atoms with Crippen molar-refractivity contribution in [3.05, 3.63) is 46.2 Å². The van der Waals surface area contributed by atoms with Crippen molar-refractivity contribution in [2.75, 3.05) is 18.0 Å². The maximum Gasteiger partial charge on any atom is 0.323 e. The Morgan fingerprint density at radius 3 is 2.62 bits per heavy atom. The summed E-state index contributed by atoms with van der Waals surface area (Å²) in [6.07, 6.45) is 3.35. The predicted octanol–water partition coefficient (Wildman–Crippen LogP) is 3.19. The molecule has 1 fully saturated rings. The first-order valence-electron chi connectivity index (χ1n) is 8.06. The SMILES string of the molecule is CCN1C(=CC=C2SC(=S)N(CC(=O)O)C2=O)Oc2cc(C)c(C)cc21. The van der Waals surface area contributed by atoms with Crippen molar-refractivity contribution in [3.63, 3.8) is 0 Å². The maximum absolute atomic E-state index is 12.3. The van der Waals surface area contributed by atoms with Crippen LogP contribution in [0.1, 0.15) is 18.1 Å². The van der Waals surface area contributed by atoms with Gasteiger partial charge in [-0.25, -0.2) is 0 Å². The first-order valence-corrected chi connectivity index (χ1v) is 9.28. The molecule has 1 aromatic rings. The standard InChI is InChI=1S/C18H18N2O4S2/c1-4-19-12-7-10(2)11(3)8-13(12)24-15(19)6-5-14-17(23)20(9-16(21)22)18(25)26-14/h5-8H,4,9H2,1-3H3,(H,21,22). The molecule has 1 amide bonds. The lowest BCUT2D eigenvalue weighted by Gasteiger charge is -2.15. The smallest absolute Gasteiger partial charge is 0.323 e. The molecule has 0 aromatic heterocycles. The monoisotopic (exact) mass is 390 g/mol. The van der Waals surface area contributed by atoms with E-state index in [9.17, 15) is 9.59 Å². The lowest BCUT2D eigenvalue weighted by Crippen LogP contribution is -2.33. The van der Waals surface area contributed by atoms with Gasteiger partial charge in [0.2, 0.25) is 5.88 Å². The van der Waals surface area contributed by atoms with Crippen molar-refractivity contribution in [1.29, 1.82) is 0 Å². The molecule has 6 nitrogen and oxygen atoms in total. The fourth-order valence-corrected chi connectivity index (χ4v) is 3.93. The Morgan fingerprint density at radius 2 is 1.96 bits per heavy atom. The van der Waals surface area contributed by atoms with Crippen molar-refractivity contribution < 1.29 is 19.4 Å². The van der Waals surface area contributed by atoms with Crippen LogP contribution in [0.3, 0.4) is 0 Å². The summed E-state index contributed by atoms with van der Waals surface area (Å²) >= 11 is 6.19. The van der Waals surface area contributed by atoms with Crippen molar-refractivity contribution >= 4 is 45.9 Å². The maximum atomic E-state index is 12.3. The topological polar surface area (TPSA) is 70.1 Å². The Bertz CT molecular complexity index is 876. The number of hydrogen-bond acceptors (Lipinski definition) is 6. The van der Waals surface area contributed by atoms with Crippen LogP contribution >= 0.6 is 24.0 Å². The average Bonchev–Trinajstić information content (AvgIpc) is 3.04. The van der Waals surface area contributed by atoms with Gasteiger partial charge >= 0.3 is 5.97 Å². The molecule has 0 bridgehead atoms. The van der Waals surface area contributed by atoms with Gasteiger partial charge in [-0.05, 0) is 50.1 Å². The molecule has 136 valence electrons. The summed E-state index contributed by atoms with van der Waals surface area (Å²) in [6, 6.07) is 4.09. The number of rotatable bonds is 4. The highest BCUT2D eigenvalue weighted by molar-refractivity contribution is 8.26. The first kappa shape index (κ1) is 18.5. The van der Waals surface area contributed by atoms with Crippen molar-refractivity contribution in [1.82, 2.24) is 4.90 Å². The predicted molar refractivity (Wildman–Crippen MR) is 105 cm³/mol. The highest BCUT2D eigenvalue weighted by Gasteiger charge is 2.33. The highest BCUT2D eigenvalue weighted by Crippen LogP contribution is 2.41. The normalized spacial score (nSPS) is 19.5. The lowest BCUT2D eigenvalue weighted by atomic mass is 10.1. The van der Waals surface area contributed by atoms with E-state index < -0.39 is 18.4 Å². The lowest BCUT2D eigenvalue weighted by molar-refractivity contribution is -0.140. The van der Waals surface area contributed by atoms with E-state index in [1.54, 1.807) is 12.2 Å². The molecule has 2 aliphatic heterocycles. The molecular weight excluding hydrogens is 372 g/mol. The minimum atomic E-state index is -1.10. The number of carboxylic acid groups (broad SMARTS) is 1. The van der Waals surface area contributed by atoms with E-state index in [1.807, 2.05) is 24.8 Å². The van der Waals surface area contributed by atoms with Gasteiger partial charge in [-0.2, -0.15) is 0 Å². The minimum absolute atomic E-state index is 0.247. The number of ether oxygens (including phenoxy) is 1. The molecule has 0 radical (unpaired) electrons. The second kappa shape index (κ2) is 7.13. The van der Waals surface area contributed by atoms with E-state index in [4.69, 9.17) is 22.1 Å². The van der Waals surface area contributed by atoms with Crippen LogP contribution in [-0.4, -0.2) is 39.3 Å². The number of allylic oxidation sites excluding steroid dienone is 2. The van der Waals surface area contributed by atoms with Crippen molar-refractivity contribution in [2.45, 2.75) is 20.8 Å². The Morgan fingerprint density at radius 1 is 1.27 bits per heavy atom. The number of anilines is 1. The van der Waals surface area contributed by atoms with Crippen LogP contribution in [0.2, 0.25) is 0 Å². The Labute approximate surface area is 161 Å². The third-order valence-electron chi connectivity index (χ3n) is 4.21. The van der Waals surface area contributed by atoms with E-state index in [0.717, 1.165) is 40.2 Å². The molecule has 0 unspecified atom stereocenters. The summed E-state index contributed by atoms with van der Waals surface area (Å²) in [5, 5.41) is 8.89. The zero-order valence-corrected chi connectivity index (χ0v) is 16.2. The molecule has 0 spiro atoms. The summed E-state index contributed by atoms with van der Waals surface area (Å²) in [5.74, 6) is -0.0908. The zero-order chi connectivity index (χ0) is 19.0. The number of hydrogen-bond donors (Lipinski definition) is 1. The van der Waals surface area contributed by atoms with Gasteiger partial charge in [-0.1, -0.05) is 24.0 Å². The van der Waals surface area contributed by atoms with Gasteiger partial charge in [-0.3, -0.25) is 14.5 Å². The number of amides is 1. The molecule has 1 saturated heterocycles. The Hall–Kier alpha value is -2.32. The molecule has 0 aliphatic carbocycles. The Balaban J connectivity index is 1.87. The third kappa shape index (κ3) is 3.34. The molecule has 0 atom stereocenters. The Kier molecular flexibility index (Phi) is 5.06.